The molecular weight excluding hydrogens is 773 g/mol. The first-order chi connectivity index (χ1) is 31.2. The maximum Gasteiger partial charge on any atom is 0.0918 e. The molecule has 0 amide bonds. The molecule has 5 heteroatoms. The summed E-state index contributed by atoms with van der Waals surface area (Å²) in [7, 11) is 0. The van der Waals surface area contributed by atoms with Crippen molar-refractivity contribution >= 4 is 36.5 Å². The minimum Gasteiger partial charge on any atom is -0.381 e. The molecule has 0 aliphatic rings. The molecule has 0 saturated heterocycles. The second-order valence-corrected chi connectivity index (χ2v) is 16.0. The zero-order chi connectivity index (χ0) is 43.6. The smallest absolute Gasteiger partial charge is 0.0918 e. The van der Waals surface area contributed by atoms with E-state index in [9.17, 15) is 0 Å². The van der Waals surface area contributed by atoms with Gasteiger partial charge in [0.1, 0.15) is 0 Å². The number of hydrogen-bond donors (Lipinski definition) is 0. The molecule has 0 bridgehead atoms. The first-order valence-corrected chi connectivity index (χ1v) is 22.8. The summed E-state index contributed by atoms with van der Waals surface area (Å²) in [6.07, 6.45) is 30.8. The van der Waals surface area contributed by atoms with Crippen molar-refractivity contribution in [2.24, 2.45) is 11.8 Å². The number of ether oxygens (including phenoxy) is 3. The van der Waals surface area contributed by atoms with Crippen molar-refractivity contribution in [2.45, 2.75) is 64.6 Å². The molecule has 6 aromatic rings. The molecule has 0 fully saturated rings. The Balaban J connectivity index is 1.30. The largest absolute Gasteiger partial charge is 0.381 e. The quantitative estimate of drug-likeness (QED) is 0.0510. The Hall–Kier alpha value is -5.98. The molecule has 4 atom stereocenters. The number of pyridine rings is 2. The summed E-state index contributed by atoms with van der Waals surface area (Å²) in [5.74, 6) is -0.152. The fraction of sp³-hybridized carbons (Fsp3) is 0.276. The lowest BCUT2D eigenvalue weighted by Crippen LogP contribution is -2.27. The molecule has 0 aliphatic carbocycles. The zero-order valence-corrected chi connectivity index (χ0v) is 37.1. The average molecular weight is 837 g/mol. The summed E-state index contributed by atoms with van der Waals surface area (Å²) in [5.41, 5.74) is 8.88. The second kappa shape index (κ2) is 27.2. The monoisotopic (exact) mass is 836 g/mol. The number of aromatic nitrogens is 2. The van der Waals surface area contributed by atoms with Gasteiger partial charge in [0, 0.05) is 49.8 Å². The predicted octanol–water partition coefficient (Wildman–Crippen LogP) is 14.7. The summed E-state index contributed by atoms with van der Waals surface area (Å²) in [6, 6.07) is 46.6. The third-order valence-electron chi connectivity index (χ3n) is 11.0. The molecule has 63 heavy (non-hydrogen) atoms. The van der Waals surface area contributed by atoms with Gasteiger partial charge < -0.3 is 14.2 Å². The van der Waals surface area contributed by atoms with Crippen LogP contribution < -0.4 is 0 Å². The van der Waals surface area contributed by atoms with E-state index in [0.29, 0.717) is 13.2 Å². The molecule has 0 spiro atoms. The van der Waals surface area contributed by atoms with E-state index in [1.807, 2.05) is 24.5 Å². The SMILES string of the molecule is CCCCCOCC(C=Cc1ccc(C=Cc2cccnc2)cc1)C(OC(c1ccccc1)C(C=Cc1ccc(C=Cc2cccnc2)cc1)COCCCCC)c1ccccc1. The van der Waals surface area contributed by atoms with Gasteiger partial charge in [0.15, 0.2) is 0 Å². The van der Waals surface area contributed by atoms with Gasteiger partial charge in [-0.3, -0.25) is 9.97 Å². The molecule has 0 aliphatic heterocycles. The van der Waals surface area contributed by atoms with Gasteiger partial charge in [-0.25, -0.2) is 0 Å². The molecule has 5 nitrogen and oxygen atoms in total. The van der Waals surface area contributed by atoms with E-state index >= 15 is 0 Å². The highest BCUT2D eigenvalue weighted by Crippen LogP contribution is 2.38. The van der Waals surface area contributed by atoms with E-state index in [-0.39, 0.29) is 24.0 Å². The van der Waals surface area contributed by atoms with Crippen LogP contribution in [0.4, 0.5) is 0 Å². The second-order valence-electron chi connectivity index (χ2n) is 16.0. The Morgan fingerprint density at radius 1 is 0.413 bits per heavy atom. The number of hydrogen-bond acceptors (Lipinski definition) is 5. The van der Waals surface area contributed by atoms with E-state index < -0.39 is 0 Å². The fourth-order valence-corrected chi connectivity index (χ4v) is 7.37. The number of nitrogens with zero attached hydrogens (tertiary/aromatic N) is 2. The first kappa shape index (κ1) is 46.5. The molecule has 6 rings (SSSR count). The lowest BCUT2D eigenvalue weighted by molar-refractivity contribution is -0.0829. The Labute approximate surface area is 376 Å². The highest BCUT2D eigenvalue weighted by atomic mass is 16.5. The van der Waals surface area contributed by atoms with Crippen LogP contribution in [0, 0.1) is 11.8 Å². The number of unbranched alkanes of at least 4 members (excludes halogenated alkanes) is 4. The number of benzene rings is 4. The summed E-state index contributed by atoms with van der Waals surface area (Å²) in [4.78, 5) is 8.47. The van der Waals surface area contributed by atoms with Crippen molar-refractivity contribution in [3.05, 3.63) is 215 Å². The maximum atomic E-state index is 7.58. The Morgan fingerprint density at radius 3 is 1.16 bits per heavy atom. The highest BCUT2D eigenvalue weighted by molar-refractivity contribution is 5.71. The lowest BCUT2D eigenvalue weighted by atomic mass is 9.91. The molecule has 2 aromatic heterocycles. The topological polar surface area (TPSA) is 53.5 Å². The third kappa shape index (κ3) is 16.3. The van der Waals surface area contributed by atoms with E-state index in [1.54, 1.807) is 12.4 Å². The Kier molecular flexibility index (Phi) is 20.1. The van der Waals surface area contributed by atoms with Crippen LogP contribution in [0.15, 0.2) is 170 Å². The van der Waals surface area contributed by atoms with E-state index in [0.717, 1.165) is 96.2 Å². The van der Waals surface area contributed by atoms with Crippen LogP contribution >= 0.6 is 0 Å². The van der Waals surface area contributed by atoms with Crippen LogP contribution in [0.1, 0.15) is 109 Å². The van der Waals surface area contributed by atoms with Crippen molar-refractivity contribution in [2.75, 3.05) is 26.4 Å². The van der Waals surface area contributed by atoms with Gasteiger partial charge in [-0.1, -0.05) is 209 Å². The van der Waals surface area contributed by atoms with Gasteiger partial charge in [-0.05, 0) is 69.5 Å². The van der Waals surface area contributed by atoms with Crippen LogP contribution in [-0.2, 0) is 14.2 Å². The van der Waals surface area contributed by atoms with Crippen LogP contribution in [-0.4, -0.2) is 36.4 Å². The molecule has 4 unspecified atom stereocenters. The first-order valence-electron chi connectivity index (χ1n) is 22.8. The van der Waals surface area contributed by atoms with Crippen molar-refractivity contribution in [1.82, 2.24) is 9.97 Å². The van der Waals surface area contributed by atoms with Crippen LogP contribution in [0.5, 0.6) is 0 Å². The van der Waals surface area contributed by atoms with Crippen LogP contribution in [0.3, 0.4) is 0 Å². The summed E-state index contributed by atoms with van der Waals surface area (Å²) >= 11 is 0. The molecule has 2 heterocycles. The van der Waals surface area contributed by atoms with Gasteiger partial charge in [0.05, 0.1) is 25.4 Å². The Morgan fingerprint density at radius 2 is 0.794 bits per heavy atom. The normalized spacial score (nSPS) is 13.9. The molecule has 324 valence electrons. The van der Waals surface area contributed by atoms with Gasteiger partial charge in [0.2, 0.25) is 0 Å². The van der Waals surface area contributed by atoms with E-state index in [4.69, 9.17) is 14.2 Å². The van der Waals surface area contributed by atoms with Gasteiger partial charge in [0.25, 0.3) is 0 Å². The fourth-order valence-electron chi connectivity index (χ4n) is 7.37. The summed E-state index contributed by atoms with van der Waals surface area (Å²) < 4.78 is 20.6. The molecule has 0 radical (unpaired) electrons. The van der Waals surface area contributed by atoms with Crippen molar-refractivity contribution < 1.29 is 14.2 Å². The molecular formula is C58H64N2O3. The minimum atomic E-state index is -0.303. The van der Waals surface area contributed by atoms with Gasteiger partial charge >= 0.3 is 0 Å². The summed E-state index contributed by atoms with van der Waals surface area (Å²) in [6.45, 7) is 6.95. The van der Waals surface area contributed by atoms with Gasteiger partial charge in [-0.15, -0.1) is 0 Å². The zero-order valence-electron chi connectivity index (χ0n) is 37.1. The standard InChI is InChI=1S/C58H64N2O3/c1-3-5-13-41-61-45-55(37-35-49-27-23-47(24-28-49)31-33-51-17-15-39-59-43-51)57(53-19-9-7-10-20-53)63-58(54-21-11-8-12-22-54)56(46-62-42-14-6-4-2)38-36-50-29-25-48(26-30-50)32-34-52-18-16-40-60-44-52/h7-12,15-40,43-44,55-58H,3-6,13-14,41-42,45-46H2,1-2H3. The predicted molar refractivity (Wildman–Crippen MR) is 264 cm³/mol. The Bertz CT molecular complexity index is 2070. The van der Waals surface area contributed by atoms with Crippen LogP contribution in [0.2, 0.25) is 0 Å². The van der Waals surface area contributed by atoms with Crippen molar-refractivity contribution in [3.8, 4) is 0 Å². The van der Waals surface area contributed by atoms with E-state index in [2.05, 4.69) is 194 Å². The van der Waals surface area contributed by atoms with Gasteiger partial charge in [-0.2, -0.15) is 0 Å². The van der Waals surface area contributed by atoms with E-state index in [1.165, 1.54) is 0 Å². The average Bonchev–Trinajstić information content (AvgIpc) is 3.34. The minimum absolute atomic E-state index is 0.0761. The summed E-state index contributed by atoms with van der Waals surface area (Å²) in [5, 5.41) is 0. The molecule has 0 saturated carbocycles. The molecule has 4 aromatic carbocycles. The third-order valence-corrected chi connectivity index (χ3v) is 11.0. The maximum absolute atomic E-state index is 7.58. The lowest BCUT2D eigenvalue weighted by Gasteiger charge is -2.33. The van der Waals surface area contributed by atoms with Crippen molar-refractivity contribution in [3.63, 3.8) is 0 Å². The highest BCUT2D eigenvalue weighted by Gasteiger charge is 2.31. The number of rotatable bonds is 26. The van der Waals surface area contributed by atoms with Crippen molar-refractivity contribution in [1.29, 1.82) is 0 Å². The van der Waals surface area contributed by atoms with Crippen LogP contribution in [0.25, 0.3) is 36.5 Å². The molecule has 0 N–H and O–H groups in total.